The molecule has 2 aromatic carbocycles. The summed E-state index contributed by atoms with van der Waals surface area (Å²) in [5.41, 5.74) is 2.25. The average molecular weight is 420 g/mol. The van der Waals surface area contributed by atoms with Crippen LogP contribution in [0.2, 0.25) is 5.02 Å². The van der Waals surface area contributed by atoms with E-state index in [-0.39, 0.29) is 6.04 Å². The Kier molecular flexibility index (Phi) is 5.49. The highest BCUT2D eigenvalue weighted by Crippen LogP contribution is 2.32. The van der Waals surface area contributed by atoms with Gasteiger partial charge in [-0.3, -0.25) is 0 Å². The first kappa shape index (κ1) is 15.8. The summed E-state index contributed by atoms with van der Waals surface area (Å²) in [6, 6.07) is 12.1. The van der Waals surface area contributed by atoms with Crippen molar-refractivity contribution in [2.45, 2.75) is 6.04 Å². The predicted molar refractivity (Wildman–Crippen MR) is 90.7 cm³/mol. The first-order valence-electron chi connectivity index (χ1n) is 6.02. The Morgan fingerprint density at radius 1 is 1.05 bits per heavy atom. The minimum absolute atomic E-state index is 0.0720. The lowest BCUT2D eigenvalue weighted by Crippen LogP contribution is -2.17. The van der Waals surface area contributed by atoms with E-state index in [9.17, 15) is 0 Å². The molecule has 0 aliphatic carbocycles. The molecule has 0 heterocycles. The minimum atomic E-state index is 0.0720. The van der Waals surface area contributed by atoms with Gasteiger partial charge < -0.3 is 10.1 Å². The van der Waals surface area contributed by atoms with E-state index in [2.05, 4.69) is 49.3 Å². The number of benzene rings is 2. The maximum absolute atomic E-state index is 6.18. The van der Waals surface area contributed by atoms with Gasteiger partial charge in [0.15, 0.2) is 0 Å². The van der Waals surface area contributed by atoms with Gasteiger partial charge in [0.25, 0.3) is 0 Å². The summed E-state index contributed by atoms with van der Waals surface area (Å²) in [4.78, 5) is 0. The molecule has 0 spiro atoms. The molecule has 0 bridgehead atoms. The molecule has 0 aromatic heterocycles. The molecule has 2 nitrogen and oxygen atoms in total. The van der Waals surface area contributed by atoms with Gasteiger partial charge in [0.2, 0.25) is 0 Å². The van der Waals surface area contributed by atoms with Gasteiger partial charge in [-0.2, -0.15) is 0 Å². The van der Waals surface area contributed by atoms with Gasteiger partial charge in [0.1, 0.15) is 5.75 Å². The lowest BCUT2D eigenvalue weighted by Gasteiger charge is -2.19. The zero-order valence-electron chi connectivity index (χ0n) is 11.1. The van der Waals surface area contributed by atoms with Gasteiger partial charge in [-0.15, -0.1) is 0 Å². The molecule has 20 heavy (non-hydrogen) atoms. The Balaban J connectivity index is 2.41. The van der Waals surface area contributed by atoms with E-state index in [1.807, 2.05) is 31.3 Å². The Morgan fingerprint density at radius 2 is 1.70 bits per heavy atom. The fourth-order valence-electron chi connectivity index (χ4n) is 2.08. The van der Waals surface area contributed by atoms with E-state index < -0.39 is 0 Å². The van der Waals surface area contributed by atoms with Crippen molar-refractivity contribution in [3.8, 4) is 5.75 Å². The standard InChI is InChI=1S/C15H14Br2ClNO/c1-19-15(10-3-5-11(16)13(18)8-10)9-4-6-14(20-2)12(17)7-9/h3-8,15,19H,1-2H3. The van der Waals surface area contributed by atoms with Crippen molar-refractivity contribution < 1.29 is 4.74 Å². The smallest absolute Gasteiger partial charge is 0.133 e. The Bertz CT molecular complexity index is 619. The molecule has 5 heteroatoms. The average Bonchev–Trinajstić information content (AvgIpc) is 2.44. The van der Waals surface area contributed by atoms with Crippen LogP contribution in [0, 0.1) is 0 Å². The van der Waals surface area contributed by atoms with Crippen LogP contribution >= 0.6 is 43.5 Å². The molecule has 0 fully saturated rings. The molecular weight excluding hydrogens is 405 g/mol. The molecule has 0 saturated carbocycles. The second-order valence-electron chi connectivity index (χ2n) is 4.29. The van der Waals surface area contributed by atoms with Crippen molar-refractivity contribution >= 4 is 43.5 Å². The van der Waals surface area contributed by atoms with Crippen LogP contribution in [0.1, 0.15) is 17.2 Å². The Labute approximate surface area is 140 Å². The maximum Gasteiger partial charge on any atom is 0.133 e. The summed E-state index contributed by atoms with van der Waals surface area (Å²) in [7, 11) is 3.59. The highest BCUT2D eigenvalue weighted by molar-refractivity contribution is 9.10. The predicted octanol–water partition coefficient (Wildman–Crippen LogP) is 5.18. The van der Waals surface area contributed by atoms with Gasteiger partial charge >= 0.3 is 0 Å². The van der Waals surface area contributed by atoms with E-state index >= 15 is 0 Å². The zero-order chi connectivity index (χ0) is 14.7. The molecule has 0 aliphatic heterocycles. The van der Waals surface area contributed by atoms with E-state index in [0.717, 1.165) is 25.8 Å². The van der Waals surface area contributed by atoms with Crippen molar-refractivity contribution in [3.63, 3.8) is 0 Å². The molecule has 0 radical (unpaired) electrons. The number of methoxy groups -OCH3 is 1. The fraction of sp³-hybridized carbons (Fsp3) is 0.200. The molecule has 1 atom stereocenters. The third-order valence-electron chi connectivity index (χ3n) is 3.07. The number of nitrogens with one attached hydrogen (secondary N) is 1. The molecule has 2 aromatic rings. The second-order valence-corrected chi connectivity index (χ2v) is 6.41. The Morgan fingerprint density at radius 3 is 2.25 bits per heavy atom. The quantitative estimate of drug-likeness (QED) is 0.737. The Hall–Kier alpha value is -0.550. The number of halogens is 3. The van der Waals surface area contributed by atoms with Crippen molar-refractivity contribution in [1.82, 2.24) is 5.32 Å². The summed E-state index contributed by atoms with van der Waals surface area (Å²) in [5, 5.41) is 4.01. The molecular formula is C15H14Br2ClNO. The topological polar surface area (TPSA) is 21.3 Å². The van der Waals surface area contributed by atoms with Crippen LogP contribution in [0.25, 0.3) is 0 Å². The van der Waals surface area contributed by atoms with E-state index in [0.29, 0.717) is 5.02 Å². The van der Waals surface area contributed by atoms with Crippen LogP contribution in [-0.4, -0.2) is 14.2 Å². The van der Waals surface area contributed by atoms with Crippen molar-refractivity contribution in [2.24, 2.45) is 0 Å². The molecule has 0 aliphatic rings. The van der Waals surface area contributed by atoms with E-state index in [4.69, 9.17) is 16.3 Å². The largest absolute Gasteiger partial charge is 0.496 e. The third kappa shape index (κ3) is 3.37. The van der Waals surface area contributed by atoms with Crippen LogP contribution in [-0.2, 0) is 0 Å². The van der Waals surface area contributed by atoms with Gasteiger partial charge in [0, 0.05) is 4.47 Å². The lowest BCUT2D eigenvalue weighted by molar-refractivity contribution is 0.412. The normalized spacial score (nSPS) is 12.2. The van der Waals surface area contributed by atoms with Crippen LogP contribution in [0.3, 0.4) is 0 Å². The van der Waals surface area contributed by atoms with Crippen LogP contribution in [0.15, 0.2) is 45.3 Å². The van der Waals surface area contributed by atoms with Gasteiger partial charge in [-0.1, -0.05) is 23.7 Å². The second kappa shape index (κ2) is 6.94. The molecule has 1 unspecified atom stereocenters. The number of hydrogen-bond acceptors (Lipinski definition) is 2. The first-order chi connectivity index (χ1) is 9.56. The summed E-state index contributed by atoms with van der Waals surface area (Å²) in [6.07, 6.45) is 0. The SMILES string of the molecule is CNC(c1ccc(Br)c(Cl)c1)c1ccc(OC)c(Br)c1. The molecule has 0 saturated heterocycles. The fourth-order valence-corrected chi connectivity index (χ4v) is 3.07. The van der Waals surface area contributed by atoms with Crippen molar-refractivity contribution in [1.29, 1.82) is 0 Å². The summed E-state index contributed by atoms with van der Waals surface area (Å²) >= 11 is 13.1. The van der Waals surface area contributed by atoms with E-state index in [1.54, 1.807) is 7.11 Å². The highest BCUT2D eigenvalue weighted by atomic mass is 79.9. The molecule has 2 rings (SSSR count). The molecule has 0 amide bonds. The zero-order valence-corrected chi connectivity index (χ0v) is 15.0. The number of rotatable bonds is 4. The summed E-state index contributed by atoms with van der Waals surface area (Å²) < 4.78 is 7.09. The van der Waals surface area contributed by atoms with Gasteiger partial charge in [0.05, 0.1) is 22.6 Å². The number of hydrogen-bond donors (Lipinski definition) is 1. The van der Waals surface area contributed by atoms with E-state index in [1.165, 1.54) is 0 Å². The van der Waals surface area contributed by atoms with Crippen LogP contribution in [0.4, 0.5) is 0 Å². The first-order valence-corrected chi connectivity index (χ1v) is 7.99. The van der Waals surface area contributed by atoms with Gasteiger partial charge in [-0.05, 0) is 74.3 Å². The van der Waals surface area contributed by atoms with Crippen molar-refractivity contribution in [2.75, 3.05) is 14.2 Å². The van der Waals surface area contributed by atoms with Crippen LogP contribution < -0.4 is 10.1 Å². The highest BCUT2D eigenvalue weighted by Gasteiger charge is 2.14. The van der Waals surface area contributed by atoms with Crippen molar-refractivity contribution in [3.05, 3.63) is 61.5 Å². The number of ether oxygens (including phenoxy) is 1. The monoisotopic (exact) mass is 417 g/mol. The third-order valence-corrected chi connectivity index (χ3v) is 4.93. The molecule has 106 valence electrons. The summed E-state index contributed by atoms with van der Waals surface area (Å²) in [5.74, 6) is 0.817. The van der Waals surface area contributed by atoms with Gasteiger partial charge in [-0.25, -0.2) is 0 Å². The van der Waals surface area contributed by atoms with Crippen LogP contribution in [0.5, 0.6) is 5.75 Å². The molecule has 1 N–H and O–H groups in total. The lowest BCUT2D eigenvalue weighted by atomic mass is 9.99. The minimum Gasteiger partial charge on any atom is -0.496 e. The summed E-state index contributed by atoms with van der Waals surface area (Å²) in [6.45, 7) is 0. The maximum atomic E-state index is 6.18.